The van der Waals surface area contributed by atoms with Gasteiger partial charge in [0.05, 0.1) is 0 Å². The standard InChI is InChI=1S/3C3H8.CH4O2.15CH3.6H2O.10U/c3*1-3-2;2-1-3;;;;;;;;;;;;;;;;;;;;;;;;;;;;;;;/h3*3H2,1-2H3;2-3H,1H2;15*1H3;6*1H2;;;;;;;;;;/q;;;;15*-1;;;;;;;;;;;;;+2;3*+3. The fraction of sp³-hybridized carbons (Fsp3) is 0.400. The van der Waals surface area contributed by atoms with Crippen molar-refractivity contribution in [2.45, 2.75) is 60.8 Å². The summed E-state index contributed by atoms with van der Waals surface area (Å²) in [6.07, 6.45) is 3.75. The van der Waals surface area contributed by atoms with Crippen LogP contribution in [0.15, 0.2) is 0 Å². The normalized spacial score (nSPS) is 1.67. The molecule has 43 heavy (non-hydrogen) atoms. The Bertz CT molecular complexity index is 68.0. The van der Waals surface area contributed by atoms with E-state index in [1.54, 1.807) is 0 Å². The number of hydrogen-bond donors (Lipinski definition) is 2. The Hall–Kier alpha value is 10.2. The maximum Gasteiger partial charge on any atom is 3.00 e. The van der Waals surface area contributed by atoms with Crippen LogP contribution < -0.4 is 0 Å². The number of aliphatic hydroxyl groups excluding tert-OH is 1. The van der Waals surface area contributed by atoms with E-state index in [1.807, 2.05) is 0 Å². The van der Waals surface area contributed by atoms with Gasteiger partial charge >= 0.3 is 124 Å². The van der Waals surface area contributed by atoms with Crippen LogP contribution in [0.25, 0.3) is 0 Å². The smallest absolute Gasteiger partial charge is 0.412 e. The minimum absolute atomic E-state index is 0. The summed E-state index contributed by atoms with van der Waals surface area (Å²) in [6, 6.07) is 0. The van der Waals surface area contributed by atoms with Crippen LogP contribution in [0.1, 0.15) is 60.8 Å². The fourth-order valence-electron chi connectivity index (χ4n) is 0. The molecule has 0 amide bonds. The molecule has 0 saturated carbocycles. The van der Waals surface area contributed by atoms with Gasteiger partial charge in [0.1, 0.15) is 6.79 Å². The third-order valence-corrected chi connectivity index (χ3v) is 0. The van der Waals surface area contributed by atoms with Gasteiger partial charge in [0.2, 0.25) is 0 Å². The third kappa shape index (κ3) is 1260. The minimum Gasteiger partial charge on any atom is -0.412 e. The van der Waals surface area contributed by atoms with Crippen LogP contribution in [0.4, 0.5) is 0 Å². The molecule has 0 aliphatic carbocycles. The van der Waals surface area contributed by atoms with Gasteiger partial charge in [-0.1, -0.05) is 60.8 Å². The van der Waals surface area contributed by atoms with Gasteiger partial charge in [-0.05, 0) is 0 Å². The van der Waals surface area contributed by atoms with Gasteiger partial charge in [-0.3, -0.25) is 0 Å². The average molecular weight is 2890 g/mol. The van der Waals surface area contributed by atoms with Gasteiger partial charge in [0.25, 0.3) is 0 Å². The summed E-state index contributed by atoms with van der Waals surface area (Å²) in [5.74, 6) is 0. The third-order valence-electron chi connectivity index (χ3n) is 0. The topological polar surface area (TPSA) is 229 Å². The van der Waals surface area contributed by atoms with Gasteiger partial charge in [-0.2, -0.15) is 0 Å². The molecule has 0 spiro atoms. The zero-order chi connectivity index (χ0) is 10.8. The zero-order valence-corrected chi connectivity index (χ0v) is 74.4. The molecule has 0 aromatic carbocycles. The fourth-order valence-corrected chi connectivity index (χ4v) is 0. The molecule has 8 nitrogen and oxygen atoms in total. The largest absolute Gasteiger partial charge is 3.00 e. The molecule has 14 N–H and O–H groups in total. The van der Waals surface area contributed by atoms with E-state index in [1.165, 1.54) is 19.3 Å². The molecule has 0 fully saturated rings. The molecule has 18 heteroatoms. The summed E-state index contributed by atoms with van der Waals surface area (Å²) in [5.41, 5.74) is 0. The summed E-state index contributed by atoms with van der Waals surface area (Å²) in [4.78, 5) is 0. The zero-order valence-electron chi connectivity index (χ0n) is 32.7. The molecule has 3 radical (unpaired) electrons. The predicted octanol–water partition coefficient (Wildman–Crippen LogP) is 4.98. The van der Waals surface area contributed by atoms with E-state index in [2.05, 4.69) is 41.5 Å². The second-order valence-electron chi connectivity index (χ2n) is 2.26. The summed E-state index contributed by atoms with van der Waals surface area (Å²) < 4.78 is 0. The van der Waals surface area contributed by atoms with Gasteiger partial charge < -0.3 is 154 Å². The summed E-state index contributed by atoms with van der Waals surface area (Å²) >= 11 is 0. The van der Waals surface area contributed by atoms with E-state index >= 15 is 0 Å². The quantitative estimate of drug-likeness (QED) is 0.253. The second-order valence-corrected chi connectivity index (χ2v) is 2.26. The molecule has 0 heterocycles. The van der Waals surface area contributed by atoms with Crippen LogP contribution in [-0.2, 0) is 0 Å². The monoisotopic (exact) mass is 2890 g/mol. The van der Waals surface area contributed by atoms with Crippen LogP contribution in [0, 0.1) is 423 Å². The van der Waals surface area contributed by atoms with E-state index in [0.717, 1.165) is 0 Å². The summed E-state index contributed by atoms with van der Waals surface area (Å²) in [5, 5.41) is 14.2. The first-order valence-electron chi connectivity index (χ1n) is 4.88. The van der Waals surface area contributed by atoms with E-state index in [0.29, 0.717) is 0 Å². The Morgan fingerprint density at radius 2 is 0.279 bits per heavy atom. The average Bonchev–Trinajstić information content (AvgIpc) is 1.92. The first kappa shape index (κ1) is 438. The van der Waals surface area contributed by atoms with Crippen molar-refractivity contribution in [2.75, 3.05) is 6.79 Å². The van der Waals surface area contributed by atoms with Crippen LogP contribution >= 0.6 is 0 Å². The van der Waals surface area contributed by atoms with Crippen molar-refractivity contribution in [2.24, 2.45) is 0 Å². The van der Waals surface area contributed by atoms with Crippen molar-refractivity contribution >= 4 is 0 Å². The Kier molecular flexibility index (Phi) is 6910. The van der Waals surface area contributed by atoms with Gasteiger partial charge in [0, 0.05) is 187 Å². The van der Waals surface area contributed by atoms with Crippen LogP contribution in [0.3, 0.4) is 0 Å². The Labute approximate surface area is 521 Å². The Morgan fingerprint density at radius 1 is 0.279 bits per heavy atom. The van der Waals surface area contributed by atoms with Crippen LogP contribution in [0.5, 0.6) is 0 Å². The SMILES string of the molecule is CCC.CCC.CCC.O.O.O.O.O.O.OCO.[CH3-].[CH3-].[CH3-].[CH3-].[CH3-].[CH3-].[CH3-].[CH3-].[CH3-].[CH3-].[CH3-].[CH3-].[CH3-].[CH3-].[CH3-].[U+2].[U+3].[U+3].[U+3].[U].[U].[U].[U].[U].[U]. The minimum atomic E-state index is -0.750. The molecule has 0 aromatic rings. The molecular weight excluding hydrogens is 2810 g/mol. The van der Waals surface area contributed by atoms with Crippen molar-refractivity contribution in [3.8, 4) is 0 Å². The first-order valence-corrected chi connectivity index (χ1v) is 4.88. The molecule has 0 atom stereocenters. The van der Waals surface area contributed by atoms with E-state index in [9.17, 15) is 0 Å². The van der Waals surface area contributed by atoms with Crippen LogP contribution in [0.2, 0.25) is 0 Å². The first-order chi connectivity index (χ1) is 5.66. The van der Waals surface area contributed by atoms with Crippen molar-refractivity contribution in [1.82, 2.24) is 0 Å². The molecule has 0 saturated heterocycles. The molecular formula is C25H85O8U10-4. The summed E-state index contributed by atoms with van der Waals surface area (Å²) in [6.45, 7) is 12.0. The number of aliphatic hydroxyl groups is 2. The van der Waals surface area contributed by atoms with E-state index in [4.69, 9.17) is 10.2 Å². The van der Waals surface area contributed by atoms with Gasteiger partial charge in [-0.15, -0.1) is 0 Å². The molecule has 0 aliphatic heterocycles. The van der Waals surface area contributed by atoms with Crippen molar-refractivity contribution in [1.29, 1.82) is 0 Å². The maximum absolute atomic E-state index is 7.12. The van der Waals surface area contributed by atoms with Crippen molar-refractivity contribution < 1.29 is 354 Å². The molecule has 0 aliphatic rings. The predicted molar refractivity (Wildman–Crippen MR) is 175 cm³/mol. The van der Waals surface area contributed by atoms with Crippen LogP contribution in [-0.4, -0.2) is 49.9 Å². The number of rotatable bonds is 0. The Balaban J connectivity index is -0.000000000485. The molecule has 0 bridgehead atoms. The summed E-state index contributed by atoms with van der Waals surface area (Å²) in [7, 11) is 0. The van der Waals surface area contributed by atoms with E-state index in [-0.39, 0.29) is 455 Å². The van der Waals surface area contributed by atoms with Crippen molar-refractivity contribution in [3.63, 3.8) is 0 Å². The molecule has 277 valence electrons. The van der Waals surface area contributed by atoms with E-state index < -0.39 is 6.79 Å². The van der Waals surface area contributed by atoms with Gasteiger partial charge in [-0.25, -0.2) is 0 Å². The van der Waals surface area contributed by atoms with Gasteiger partial charge in [0.15, 0.2) is 0 Å². The van der Waals surface area contributed by atoms with Crippen molar-refractivity contribution in [3.05, 3.63) is 111 Å². The second kappa shape index (κ2) is 679. The number of hydrogen-bond acceptors (Lipinski definition) is 2. The molecule has 0 rings (SSSR count). The Morgan fingerprint density at radius 3 is 0.279 bits per heavy atom. The molecule has 0 unspecified atom stereocenters. The maximum atomic E-state index is 7.12. The molecule has 0 aromatic heterocycles.